The molecule has 8 nitrogen and oxygen atoms in total. The molecular formula is C17H16N6O2. The highest BCUT2D eigenvalue weighted by Gasteiger charge is 2.25. The zero-order valence-corrected chi connectivity index (χ0v) is 13.4. The molecule has 126 valence electrons. The third kappa shape index (κ3) is 2.82. The fraction of sp³-hybridized carbons (Fsp3) is 0.235. The maximum atomic E-state index is 12.9. The first-order chi connectivity index (χ1) is 12.2. The summed E-state index contributed by atoms with van der Waals surface area (Å²) in [4.78, 5) is 37.0. The number of carbonyl (C=O) groups is 1. The van der Waals surface area contributed by atoms with Crippen LogP contribution in [0.5, 0.6) is 0 Å². The van der Waals surface area contributed by atoms with Crippen LogP contribution < -0.4 is 10.5 Å². The summed E-state index contributed by atoms with van der Waals surface area (Å²) in [6, 6.07) is 8.78. The van der Waals surface area contributed by atoms with E-state index in [1.807, 2.05) is 4.90 Å². The van der Waals surface area contributed by atoms with Crippen LogP contribution in [0.25, 0.3) is 10.8 Å². The normalized spacial score (nSPS) is 14.7. The molecule has 4 rings (SSSR count). The molecule has 25 heavy (non-hydrogen) atoms. The van der Waals surface area contributed by atoms with Crippen LogP contribution in [-0.4, -0.2) is 57.2 Å². The van der Waals surface area contributed by atoms with Gasteiger partial charge >= 0.3 is 0 Å². The second-order valence-corrected chi connectivity index (χ2v) is 5.77. The molecule has 0 bridgehead atoms. The highest BCUT2D eigenvalue weighted by molar-refractivity contribution is 6.04. The third-order valence-electron chi connectivity index (χ3n) is 4.30. The molecule has 0 spiro atoms. The second kappa shape index (κ2) is 6.31. The molecule has 2 aromatic heterocycles. The Balaban J connectivity index is 1.55. The number of rotatable bonds is 2. The minimum Gasteiger partial charge on any atom is -0.337 e. The van der Waals surface area contributed by atoms with Gasteiger partial charge in [0.05, 0.1) is 5.39 Å². The van der Waals surface area contributed by atoms with Gasteiger partial charge in [-0.15, -0.1) is 0 Å². The quantitative estimate of drug-likeness (QED) is 0.739. The first-order valence-corrected chi connectivity index (χ1v) is 8.03. The Morgan fingerprint density at radius 3 is 2.36 bits per heavy atom. The monoisotopic (exact) mass is 336 g/mol. The number of carbonyl (C=O) groups excluding carboxylic acids is 1. The lowest BCUT2D eigenvalue weighted by Gasteiger charge is -2.34. The summed E-state index contributed by atoms with van der Waals surface area (Å²) in [6.07, 6.45) is 3.41. The fourth-order valence-electron chi connectivity index (χ4n) is 2.99. The summed E-state index contributed by atoms with van der Waals surface area (Å²) in [5.74, 6) is 0.489. The zero-order chi connectivity index (χ0) is 17.2. The molecule has 0 saturated carbocycles. The number of aromatic amines is 1. The SMILES string of the molecule is O=C(c1n[nH]c(=O)c2ccccc12)N1CCN(c2ncccn2)CC1. The summed E-state index contributed by atoms with van der Waals surface area (Å²) in [5, 5.41) is 7.45. The predicted octanol–water partition coefficient (Wildman–Crippen LogP) is 0.675. The van der Waals surface area contributed by atoms with Crippen molar-refractivity contribution in [2.24, 2.45) is 0 Å². The Morgan fingerprint density at radius 2 is 1.64 bits per heavy atom. The van der Waals surface area contributed by atoms with Crippen molar-refractivity contribution in [3.63, 3.8) is 0 Å². The van der Waals surface area contributed by atoms with E-state index in [-0.39, 0.29) is 17.2 Å². The maximum absolute atomic E-state index is 12.9. The van der Waals surface area contributed by atoms with E-state index in [2.05, 4.69) is 20.2 Å². The number of benzene rings is 1. The van der Waals surface area contributed by atoms with Crippen LogP contribution in [-0.2, 0) is 0 Å². The Bertz CT molecular complexity index is 964. The fourth-order valence-corrected chi connectivity index (χ4v) is 2.99. The third-order valence-corrected chi connectivity index (χ3v) is 4.30. The molecule has 3 aromatic rings. The highest BCUT2D eigenvalue weighted by Crippen LogP contribution is 2.16. The Labute approximate surface area is 143 Å². The number of hydrogen-bond acceptors (Lipinski definition) is 6. The largest absolute Gasteiger partial charge is 0.337 e. The van der Waals surface area contributed by atoms with Gasteiger partial charge in [-0.05, 0) is 12.1 Å². The maximum Gasteiger partial charge on any atom is 0.275 e. The molecule has 0 atom stereocenters. The average Bonchev–Trinajstić information content (AvgIpc) is 2.69. The Morgan fingerprint density at radius 1 is 0.960 bits per heavy atom. The van der Waals surface area contributed by atoms with Gasteiger partial charge in [-0.2, -0.15) is 5.10 Å². The van der Waals surface area contributed by atoms with Crippen LogP contribution in [0.1, 0.15) is 10.5 Å². The van der Waals surface area contributed by atoms with Crippen molar-refractivity contribution in [2.45, 2.75) is 0 Å². The minimum absolute atomic E-state index is 0.180. The van der Waals surface area contributed by atoms with Crippen molar-refractivity contribution in [3.8, 4) is 0 Å². The van der Waals surface area contributed by atoms with Gasteiger partial charge in [0.2, 0.25) is 5.95 Å². The molecule has 1 fully saturated rings. The van der Waals surface area contributed by atoms with Gasteiger partial charge in [-0.1, -0.05) is 18.2 Å². The Hall–Kier alpha value is -3.29. The minimum atomic E-state index is -0.293. The number of anilines is 1. The molecule has 0 radical (unpaired) electrons. The van der Waals surface area contributed by atoms with Crippen molar-refractivity contribution in [1.82, 2.24) is 25.1 Å². The standard InChI is InChI=1S/C17H16N6O2/c24-15-13-5-2-1-4-12(13)14(20-21-15)16(25)22-8-10-23(11-9-22)17-18-6-3-7-19-17/h1-7H,8-11H2,(H,21,24). The molecule has 1 amide bonds. The number of piperazine rings is 1. The molecule has 0 unspecified atom stereocenters. The topological polar surface area (TPSA) is 95.1 Å². The number of H-pyrrole nitrogens is 1. The van der Waals surface area contributed by atoms with E-state index >= 15 is 0 Å². The van der Waals surface area contributed by atoms with Gasteiger partial charge in [0.1, 0.15) is 0 Å². The van der Waals surface area contributed by atoms with Crippen molar-refractivity contribution in [3.05, 3.63) is 58.8 Å². The highest BCUT2D eigenvalue weighted by atomic mass is 16.2. The van der Waals surface area contributed by atoms with Crippen LogP contribution in [0.4, 0.5) is 5.95 Å². The molecule has 1 aliphatic rings. The summed E-state index contributed by atoms with van der Waals surface area (Å²) in [6.45, 7) is 2.40. The van der Waals surface area contributed by atoms with E-state index in [1.54, 1.807) is 47.6 Å². The van der Waals surface area contributed by atoms with E-state index < -0.39 is 0 Å². The summed E-state index contributed by atoms with van der Waals surface area (Å²) in [5.41, 5.74) is -0.0159. The number of amides is 1. The molecule has 8 heteroatoms. The molecule has 0 aliphatic carbocycles. The van der Waals surface area contributed by atoms with Crippen LogP contribution in [0.15, 0.2) is 47.5 Å². The number of nitrogens with zero attached hydrogens (tertiary/aromatic N) is 5. The number of hydrogen-bond donors (Lipinski definition) is 1. The zero-order valence-electron chi connectivity index (χ0n) is 13.4. The Kier molecular flexibility index (Phi) is 3.85. The first-order valence-electron chi connectivity index (χ1n) is 8.03. The van der Waals surface area contributed by atoms with Crippen LogP contribution in [0, 0.1) is 0 Å². The smallest absolute Gasteiger partial charge is 0.275 e. The number of aromatic nitrogens is 4. The van der Waals surface area contributed by atoms with Crippen molar-refractivity contribution < 1.29 is 4.79 Å². The average molecular weight is 336 g/mol. The molecular weight excluding hydrogens is 320 g/mol. The van der Waals surface area contributed by atoms with Crippen molar-refractivity contribution in [2.75, 3.05) is 31.1 Å². The van der Waals surface area contributed by atoms with E-state index in [0.29, 0.717) is 42.9 Å². The van der Waals surface area contributed by atoms with E-state index in [4.69, 9.17) is 0 Å². The van der Waals surface area contributed by atoms with Gasteiger partial charge in [0, 0.05) is 44.0 Å². The van der Waals surface area contributed by atoms with Gasteiger partial charge in [-0.25, -0.2) is 15.1 Å². The van der Waals surface area contributed by atoms with Gasteiger partial charge in [0.25, 0.3) is 11.5 Å². The van der Waals surface area contributed by atoms with Gasteiger partial charge in [0.15, 0.2) is 5.69 Å². The summed E-state index contributed by atoms with van der Waals surface area (Å²) in [7, 11) is 0. The second-order valence-electron chi connectivity index (χ2n) is 5.77. The molecule has 1 saturated heterocycles. The number of fused-ring (bicyclic) bond motifs is 1. The van der Waals surface area contributed by atoms with Crippen LogP contribution >= 0.6 is 0 Å². The van der Waals surface area contributed by atoms with Crippen molar-refractivity contribution >= 4 is 22.6 Å². The molecule has 1 aromatic carbocycles. The molecule has 1 N–H and O–H groups in total. The van der Waals surface area contributed by atoms with Crippen LogP contribution in [0.2, 0.25) is 0 Å². The lowest BCUT2D eigenvalue weighted by molar-refractivity contribution is 0.0741. The molecule has 3 heterocycles. The lowest BCUT2D eigenvalue weighted by Crippen LogP contribution is -2.49. The lowest BCUT2D eigenvalue weighted by atomic mass is 10.1. The van der Waals surface area contributed by atoms with E-state index in [9.17, 15) is 9.59 Å². The number of nitrogens with one attached hydrogen (secondary N) is 1. The van der Waals surface area contributed by atoms with E-state index in [1.165, 1.54) is 0 Å². The van der Waals surface area contributed by atoms with Crippen LogP contribution in [0.3, 0.4) is 0 Å². The van der Waals surface area contributed by atoms with E-state index in [0.717, 1.165) is 0 Å². The summed E-state index contributed by atoms with van der Waals surface area (Å²) >= 11 is 0. The predicted molar refractivity (Wildman–Crippen MR) is 92.5 cm³/mol. The van der Waals surface area contributed by atoms with Gasteiger partial charge in [-0.3, -0.25) is 9.59 Å². The first kappa shape index (κ1) is 15.3. The van der Waals surface area contributed by atoms with Gasteiger partial charge < -0.3 is 9.80 Å². The molecule has 1 aliphatic heterocycles. The van der Waals surface area contributed by atoms with Crippen molar-refractivity contribution in [1.29, 1.82) is 0 Å². The summed E-state index contributed by atoms with van der Waals surface area (Å²) < 4.78 is 0.